The number of fused-ring (bicyclic) bond motifs is 2. The summed E-state index contributed by atoms with van der Waals surface area (Å²) >= 11 is 0. The molecule has 2 N–H and O–H groups in total. The van der Waals surface area contributed by atoms with Crippen LogP contribution in [0.4, 0.5) is 17.1 Å². The zero-order valence-electron chi connectivity index (χ0n) is 24.1. The van der Waals surface area contributed by atoms with Crippen LogP contribution in [0.15, 0.2) is 112 Å². The number of para-hydroxylation sites is 1. The van der Waals surface area contributed by atoms with E-state index in [0.717, 1.165) is 11.6 Å². The van der Waals surface area contributed by atoms with E-state index in [2.05, 4.69) is 15.2 Å². The molecule has 1 aromatic heterocycles. The van der Waals surface area contributed by atoms with Crippen molar-refractivity contribution in [1.82, 2.24) is 9.88 Å². The molecule has 0 atom stereocenters. The van der Waals surface area contributed by atoms with Gasteiger partial charge in [0.05, 0.1) is 40.2 Å². The summed E-state index contributed by atoms with van der Waals surface area (Å²) in [4.78, 5) is 30.5. The Labute approximate surface area is 280 Å². The van der Waals surface area contributed by atoms with Crippen LogP contribution in [0.25, 0.3) is 22.0 Å². The molecule has 0 radical (unpaired) electrons. The first-order valence-electron chi connectivity index (χ1n) is 13.5. The SMILES string of the molecule is Nc1c(N=Nc2ccc(-c3ccccc3OCCCN3C(=O)c4ccccc4C3=O)nc2)cc(S(=O)(=O)[O-])c2ccccc12.[Na+]. The zero-order valence-corrected chi connectivity index (χ0v) is 26.9. The molecule has 0 bridgehead atoms. The van der Waals surface area contributed by atoms with Crippen LogP contribution < -0.4 is 40.0 Å². The van der Waals surface area contributed by atoms with Gasteiger partial charge in [0, 0.05) is 22.9 Å². The molecule has 5 aromatic rings. The topological polar surface area (TPSA) is 167 Å². The summed E-state index contributed by atoms with van der Waals surface area (Å²) in [5, 5.41) is 8.85. The van der Waals surface area contributed by atoms with Crippen LogP contribution in [0, 0.1) is 0 Å². The van der Waals surface area contributed by atoms with Crippen LogP contribution in [0.3, 0.4) is 0 Å². The third-order valence-corrected chi connectivity index (χ3v) is 8.02. The number of ether oxygens (including phenoxy) is 1. The van der Waals surface area contributed by atoms with Crippen molar-refractivity contribution in [2.24, 2.45) is 10.2 Å². The average molecular weight is 630 g/mol. The van der Waals surface area contributed by atoms with Gasteiger partial charge in [-0.2, -0.15) is 0 Å². The van der Waals surface area contributed by atoms with Crippen LogP contribution >= 0.6 is 0 Å². The Morgan fingerprint density at radius 1 is 0.822 bits per heavy atom. The molecule has 45 heavy (non-hydrogen) atoms. The second-order valence-corrected chi connectivity index (χ2v) is 11.3. The molecular weight excluding hydrogens is 605 g/mol. The first kappa shape index (κ1) is 31.9. The summed E-state index contributed by atoms with van der Waals surface area (Å²) < 4.78 is 41.6. The Kier molecular flexibility index (Phi) is 9.42. The van der Waals surface area contributed by atoms with Gasteiger partial charge in [0.1, 0.15) is 27.2 Å². The number of anilines is 1. The molecule has 2 amide bonds. The molecule has 13 heteroatoms. The fourth-order valence-electron chi connectivity index (χ4n) is 5.01. The number of amides is 2. The van der Waals surface area contributed by atoms with E-state index in [9.17, 15) is 22.6 Å². The molecule has 0 saturated carbocycles. The van der Waals surface area contributed by atoms with Gasteiger partial charge in [-0.25, -0.2) is 8.42 Å². The fraction of sp³-hybridized carbons (Fsp3) is 0.0938. The zero-order chi connectivity index (χ0) is 30.8. The number of carbonyl (C=O) groups excluding carboxylic acids is 2. The standard InChI is InChI=1S/C32H25N5O6S.Na/c33-30-22-9-2-1-8-21(22)29(44(40,41)42)18-27(30)36-35-20-14-15-26(34-19-20)25-12-5-6-13-28(25)43-17-7-16-37-31(38)23-10-3-4-11-24(23)32(37)39;/h1-6,8-15,18-19H,7,16-17,33H2,(H,40,41,42);/q;+1/p-1. The van der Waals surface area contributed by atoms with Crippen molar-refractivity contribution in [1.29, 1.82) is 0 Å². The van der Waals surface area contributed by atoms with Gasteiger partial charge in [0.2, 0.25) is 0 Å². The van der Waals surface area contributed by atoms with Crippen LogP contribution in [0.5, 0.6) is 5.75 Å². The van der Waals surface area contributed by atoms with Gasteiger partial charge >= 0.3 is 29.6 Å². The van der Waals surface area contributed by atoms with Gasteiger partial charge in [-0.15, -0.1) is 10.2 Å². The molecule has 1 aliphatic heterocycles. The number of hydrogen-bond donors (Lipinski definition) is 1. The first-order valence-corrected chi connectivity index (χ1v) is 15.0. The number of azo groups is 1. The van der Waals surface area contributed by atoms with E-state index in [4.69, 9.17) is 10.5 Å². The van der Waals surface area contributed by atoms with Crippen LogP contribution in [-0.2, 0) is 10.1 Å². The molecule has 11 nitrogen and oxygen atoms in total. The molecule has 0 unspecified atom stereocenters. The van der Waals surface area contributed by atoms with Gasteiger partial charge in [0.25, 0.3) is 11.8 Å². The Bertz CT molecular complexity index is 2030. The van der Waals surface area contributed by atoms with Crippen molar-refractivity contribution < 1.29 is 56.9 Å². The Morgan fingerprint density at radius 2 is 1.44 bits per heavy atom. The number of nitrogen functional groups attached to an aromatic ring is 1. The number of pyridine rings is 1. The normalized spacial score (nSPS) is 12.9. The largest absolute Gasteiger partial charge is 1.00 e. The minimum absolute atomic E-state index is 0. The van der Waals surface area contributed by atoms with Gasteiger partial charge in [-0.1, -0.05) is 48.5 Å². The molecule has 0 fully saturated rings. The summed E-state index contributed by atoms with van der Waals surface area (Å²) in [6, 6.07) is 25.0. The quantitative estimate of drug-likeness (QED) is 0.0649. The van der Waals surface area contributed by atoms with Crippen LogP contribution in [0.2, 0.25) is 0 Å². The predicted octanol–water partition coefficient (Wildman–Crippen LogP) is 2.87. The monoisotopic (exact) mass is 629 g/mol. The summed E-state index contributed by atoms with van der Waals surface area (Å²) in [5.41, 5.74) is 8.97. The van der Waals surface area contributed by atoms with Crippen LogP contribution in [-0.4, -0.2) is 47.8 Å². The van der Waals surface area contributed by atoms with Crippen LogP contribution in [0.1, 0.15) is 27.1 Å². The average Bonchev–Trinajstić information content (AvgIpc) is 3.27. The predicted molar refractivity (Wildman–Crippen MR) is 162 cm³/mol. The van der Waals surface area contributed by atoms with Crippen molar-refractivity contribution in [3.8, 4) is 17.0 Å². The van der Waals surface area contributed by atoms with Crippen molar-refractivity contribution in [2.75, 3.05) is 18.9 Å². The molecular formula is C32H24N5NaO6S. The molecule has 0 saturated heterocycles. The van der Waals surface area contributed by atoms with Gasteiger partial charge in [0.15, 0.2) is 0 Å². The summed E-state index contributed by atoms with van der Waals surface area (Å²) in [6.45, 7) is 0.501. The summed E-state index contributed by atoms with van der Waals surface area (Å²) in [5.74, 6) is -0.0229. The van der Waals surface area contributed by atoms with Gasteiger partial charge < -0.3 is 15.0 Å². The van der Waals surface area contributed by atoms with E-state index in [1.165, 1.54) is 17.2 Å². The van der Waals surface area contributed by atoms with Crippen molar-refractivity contribution >= 4 is 49.8 Å². The van der Waals surface area contributed by atoms with Crippen molar-refractivity contribution in [3.63, 3.8) is 0 Å². The van der Waals surface area contributed by atoms with Crippen molar-refractivity contribution in [3.05, 3.63) is 108 Å². The number of carbonyl (C=O) groups is 2. The van der Waals surface area contributed by atoms with Gasteiger partial charge in [-0.3, -0.25) is 19.5 Å². The fourth-order valence-corrected chi connectivity index (χ4v) is 5.71. The molecule has 4 aromatic carbocycles. The molecule has 6 rings (SSSR count). The maximum Gasteiger partial charge on any atom is 1.00 e. The summed E-state index contributed by atoms with van der Waals surface area (Å²) in [6.07, 6.45) is 1.93. The van der Waals surface area contributed by atoms with E-state index in [0.29, 0.717) is 40.1 Å². The number of aromatic nitrogens is 1. The Hall–Kier alpha value is -4.46. The van der Waals surface area contributed by atoms with E-state index in [1.54, 1.807) is 60.7 Å². The maximum absolute atomic E-state index is 12.6. The second kappa shape index (κ2) is 13.3. The molecule has 2 heterocycles. The summed E-state index contributed by atoms with van der Waals surface area (Å²) in [7, 11) is -4.78. The Morgan fingerprint density at radius 3 is 2.09 bits per heavy atom. The first-order chi connectivity index (χ1) is 21.2. The van der Waals surface area contributed by atoms with E-state index in [-0.39, 0.29) is 71.3 Å². The Balaban J connectivity index is 0.00000400. The minimum atomic E-state index is -4.78. The third-order valence-electron chi connectivity index (χ3n) is 7.14. The number of rotatable bonds is 9. The molecule has 220 valence electrons. The molecule has 0 aliphatic carbocycles. The third kappa shape index (κ3) is 6.51. The number of hydrogen-bond acceptors (Lipinski definition) is 10. The van der Waals surface area contributed by atoms with Gasteiger partial charge in [-0.05, 0) is 48.9 Å². The van der Waals surface area contributed by atoms with E-state index < -0.39 is 15.0 Å². The van der Waals surface area contributed by atoms with E-state index in [1.807, 2.05) is 18.2 Å². The smallest absolute Gasteiger partial charge is 0.744 e. The minimum Gasteiger partial charge on any atom is -0.744 e. The van der Waals surface area contributed by atoms with Crippen molar-refractivity contribution in [2.45, 2.75) is 11.3 Å². The number of benzene rings is 4. The second-order valence-electron chi connectivity index (χ2n) is 9.91. The van der Waals surface area contributed by atoms with E-state index >= 15 is 0 Å². The maximum atomic E-state index is 12.6. The number of nitrogens with zero attached hydrogens (tertiary/aromatic N) is 4. The molecule has 0 spiro atoms. The number of nitrogens with two attached hydrogens (primary N) is 1. The number of imide groups is 1. The molecule has 1 aliphatic rings.